The van der Waals surface area contributed by atoms with Crippen LogP contribution >= 0.6 is 0 Å². The maximum atomic E-state index is 12.1. The minimum atomic E-state index is -0.549. The van der Waals surface area contributed by atoms with Crippen LogP contribution in [-0.2, 0) is 9.59 Å². The summed E-state index contributed by atoms with van der Waals surface area (Å²) in [4.78, 5) is 25.5. The largest absolute Gasteiger partial charge is 0.396 e. The Labute approximate surface area is 109 Å². The van der Waals surface area contributed by atoms with E-state index in [1.165, 1.54) is 0 Å². The highest BCUT2D eigenvalue weighted by Gasteiger charge is 2.31. The van der Waals surface area contributed by atoms with Gasteiger partial charge in [-0.05, 0) is 46.5 Å². The lowest BCUT2D eigenvalue weighted by Gasteiger charge is -2.35. The highest BCUT2D eigenvalue weighted by Crippen LogP contribution is 2.19. The molecule has 1 saturated heterocycles. The van der Waals surface area contributed by atoms with E-state index in [9.17, 15) is 9.59 Å². The third-order valence-corrected chi connectivity index (χ3v) is 3.03. The number of rotatable bonds is 2. The lowest BCUT2D eigenvalue weighted by molar-refractivity contribution is -0.149. The van der Waals surface area contributed by atoms with Crippen LogP contribution < -0.4 is 5.32 Å². The zero-order chi connectivity index (χ0) is 13.8. The fourth-order valence-corrected chi connectivity index (χ4v) is 2.24. The van der Waals surface area contributed by atoms with Crippen molar-refractivity contribution in [2.24, 2.45) is 0 Å². The Balaban J connectivity index is 2.65. The molecule has 0 aliphatic carbocycles. The van der Waals surface area contributed by atoms with Crippen molar-refractivity contribution >= 4 is 11.8 Å². The standard InChI is InChI=1S/C13H24N2O3/c1-13(2,3)14-11(17)12(18)15-8-5-4-6-10(15)7-9-16/h10,16H,4-9H2,1-3H3,(H,14,17). The smallest absolute Gasteiger partial charge is 0.312 e. The fourth-order valence-electron chi connectivity index (χ4n) is 2.24. The van der Waals surface area contributed by atoms with Gasteiger partial charge in [-0.15, -0.1) is 0 Å². The summed E-state index contributed by atoms with van der Waals surface area (Å²) in [6.07, 6.45) is 3.40. The predicted molar refractivity (Wildman–Crippen MR) is 69.0 cm³/mol. The quantitative estimate of drug-likeness (QED) is 0.713. The number of aliphatic hydroxyl groups excluding tert-OH is 1. The van der Waals surface area contributed by atoms with Crippen molar-refractivity contribution in [2.45, 2.75) is 58.0 Å². The van der Waals surface area contributed by atoms with Gasteiger partial charge in [0.2, 0.25) is 0 Å². The van der Waals surface area contributed by atoms with Crippen LogP contribution in [0.25, 0.3) is 0 Å². The molecule has 2 N–H and O–H groups in total. The first kappa shape index (κ1) is 15.0. The molecule has 1 aliphatic heterocycles. The van der Waals surface area contributed by atoms with Gasteiger partial charge in [-0.25, -0.2) is 0 Å². The minimum Gasteiger partial charge on any atom is -0.396 e. The SMILES string of the molecule is CC(C)(C)NC(=O)C(=O)N1CCCCC1CCO. The molecule has 1 aliphatic rings. The molecule has 0 aromatic heterocycles. The van der Waals surface area contributed by atoms with Gasteiger partial charge in [0, 0.05) is 24.7 Å². The maximum Gasteiger partial charge on any atom is 0.312 e. The number of amides is 2. The van der Waals surface area contributed by atoms with Gasteiger partial charge in [-0.3, -0.25) is 9.59 Å². The normalized spacial score (nSPS) is 20.7. The third kappa shape index (κ3) is 4.29. The van der Waals surface area contributed by atoms with E-state index in [1.807, 2.05) is 20.8 Å². The average molecular weight is 256 g/mol. The maximum absolute atomic E-state index is 12.1. The van der Waals surface area contributed by atoms with Crippen molar-refractivity contribution in [1.82, 2.24) is 10.2 Å². The summed E-state index contributed by atoms with van der Waals surface area (Å²) in [6, 6.07) is 0.00182. The second-order valence-electron chi connectivity index (χ2n) is 5.86. The number of piperidine rings is 1. The number of aliphatic hydroxyl groups is 1. The Morgan fingerprint density at radius 3 is 2.56 bits per heavy atom. The van der Waals surface area contributed by atoms with Crippen LogP contribution in [0.1, 0.15) is 46.5 Å². The number of hydrogen-bond acceptors (Lipinski definition) is 3. The Morgan fingerprint density at radius 1 is 1.33 bits per heavy atom. The van der Waals surface area contributed by atoms with Crippen LogP contribution in [0.2, 0.25) is 0 Å². The van der Waals surface area contributed by atoms with E-state index in [0.29, 0.717) is 13.0 Å². The molecule has 5 heteroatoms. The third-order valence-electron chi connectivity index (χ3n) is 3.03. The van der Waals surface area contributed by atoms with Crippen LogP contribution in [0, 0.1) is 0 Å². The minimum absolute atomic E-state index is 0.00182. The van der Waals surface area contributed by atoms with Crippen LogP contribution in [-0.4, -0.2) is 46.6 Å². The second-order valence-corrected chi connectivity index (χ2v) is 5.86. The van der Waals surface area contributed by atoms with E-state index < -0.39 is 17.4 Å². The average Bonchev–Trinajstić information content (AvgIpc) is 2.27. The van der Waals surface area contributed by atoms with Crippen LogP contribution in [0.4, 0.5) is 0 Å². The van der Waals surface area contributed by atoms with Gasteiger partial charge >= 0.3 is 11.8 Å². The molecule has 2 amide bonds. The van der Waals surface area contributed by atoms with Crippen molar-refractivity contribution in [1.29, 1.82) is 0 Å². The molecule has 0 aromatic carbocycles. The number of nitrogens with zero attached hydrogens (tertiary/aromatic N) is 1. The Morgan fingerprint density at radius 2 is 2.00 bits per heavy atom. The second kappa shape index (κ2) is 6.18. The Kier molecular flexibility index (Phi) is 5.14. The molecule has 1 unspecified atom stereocenters. The highest BCUT2D eigenvalue weighted by atomic mass is 16.3. The Hall–Kier alpha value is -1.10. The first-order chi connectivity index (χ1) is 8.35. The zero-order valence-electron chi connectivity index (χ0n) is 11.5. The van der Waals surface area contributed by atoms with Gasteiger partial charge in [0.05, 0.1) is 0 Å². The van der Waals surface area contributed by atoms with Crippen LogP contribution in [0.5, 0.6) is 0 Å². The topological polar surface area (TPSA) is 69.6 Å². The molecule has 1 atom stereocenters. The van der Waals surface area contributed by atoms with Gasteiger partial charge < -0.3 is 15.3 Å². The fraction of sp³-hybridized carbons (Fsp3) is 0.846. The Bertz CT molecular complexity index is 308. The summed E-state index contributed by atoms with van der Waals surface area (Å²) < 4.78 is 0. The van der Waals surface area contributed by atoms with E-state index in [1.54, 1.807) is 4.90 Å². The van der Waals surface area contributed by atoms with Gasteiger partial charge in [0.1, 0.15) is 0 Å². The molecule has 1 heterocycles. The molecule has 1 fully saturated rings. The number of likely N-dealkylation sites (tertiary alicyclic amines) is 1. The molecular weight excluding hydrogens is 232 g/mol. The number of hydrogen-bond donors (Lipinski definition) is 2. The van der Waals surface area contributed by atoms with E-state index in [4.69, 9.17) is 5.11 Å². The molecule has 1 rings (SSSR count). The van der Waals surface area contributed by atoms with Crippen molar-refractivity contribution in [3.8, 4) is 0 Å². The predicted octanol–water partition coefficient (Wildman–Crippen LogP) is 0.665. The molecule has 0 spiro atoms. The van der Waals surface area contributed by atoms with Crippen molar-refractivity contribution in [2.75, 3.05) is 13.2 Å². The lowest BCUT2D eigenvalue weighted by atomic mass is 9.99. The molecule has 104 valence electrons. The molecular formula is C13H24N2O3. The zero-order valence-corrected chi connectivity index (χ0v) is 11.5. The van der Waals surface area contributed by atoms with Crippen molar-refractivity contribution < 1.29 is 14.7 Å². The summed E-state index contributed by atoms with van der Waals surface area (Å²) in [5.74, 6) is -1.02. The van der Waals surface area contributed by atoms with Gasteiger partial charge in [-0.2, -0.15) is 0 Å². The van der Waals surface area contributed by atoms with E-state index in [0.717, 1.165) is 19.3 Å². The molecule has 18 heavy (non-hydrogen) atoms. The molecule has 0 aromatic rings. The van der Waals surface area contributed by atoms with E-state index >= 15 is 0 Å². The monoisotopic (exact) mass is 256 g/mol. The molecule has 0 saturated carbocycles. The first-order valence-electron chi connectivity index (χ1n) is 6.59. The highest BCUT2D eigenvalue weighted by molar-refractivity contribution is 6.35. The number of nitrogens with one attached hydrogen (secondary N) is 1. The summed E-state index contributed by atoms with van der Waals surface area (Å²) in [6.45, 7) is 6.20. The van der Waals surface area contributed by atoms with Gasteiger partial charge in [0.25, 0.3) is 0 Å². The van der Waals surface area contributed by atoms with E-state index in [2.05, 4.69) is 5.32 Å². The lowest BCUT2D eigenvalue weighted by Crippen LogP contribution is -2.53. The van der Waals surface area contributed by atoms with Crippen molar-refractivity contribution in [3.63, 3.8) is 0 Å². The summed E-state index contributed by atoms with van der Waals surface area (Å²) in [5, 5.41) is 11.7. The summed E-state index contributed by atoms with van der Waals surface area (Å²) >= 11 is 0. The van der Waals surface area contributed by atoms with Gasteiger partial charge in [-0.1, -0.05) is 0 Å². The van der Waals surface area contributed by atoms with Gasteiger partial charge in [0.15, 0.2) is 0 Å². The number of carbonyl (C=O) groups excluding carboxylic acids is 2. The molecule has 0 radical (unpaired) electrons. The summed E-state index contributed by atoms with van der Waals surface area (Å²) in [5.41, 5.74) is -0.408. The van der Waals surface area contributed by atoms with Crippen LogP contribution in [0.3, 0.4) is 0 Å². The molecule has 5 nitrogen and oxygen atoms in total. The van der Waals surface area contributed by atoms with Crippen LogP contribution in [0.15, 0.2) is 0 Å². The first-order valence-corrected chi connectivity index (χ1v) is 6.59. The number of carbonyl (C=O) groups is 2. The summed E-state index contributed by atoms with van der Waals surface area (Å²) in [7, 11) is 0. The molecule has 0 bridgehead atoms. The van der Waals surface area contributed by atoms with Crippen molar-refractivity contribution in [3.05, 3.63) is 0 Å². The van der Waals surface area contributed by atoms with E-state index in [-0.39, 0.29) is 12.6 Å².